The molecule has 0 aliphatic carbocycles. The molecule has 0 radical (unpaired) electrons. The maximum Gasteiger partial charge on any atom is 0.124 e. The van der Waals surface area contributed by atoms with E-state index in [4.69, 9.17) is 11.6 Å². The van der Waals surface area contributed by atoms with Crippen LogP contribution >= 0.6 is 11.6 Å². The van der Waals surface area contributed by atoms with Gasteiger partial charge in [0, 0.05) is 22.5 Å². The average Bonchev–Trinajstić information content (AvgIpc) is 2.41. The zero-order chi connectivity index (χ0) is 15.4. The normalized spacial score (nSPS) is 12.4. The molecular formula is C17H20ClFN2. The molecule has 1 aromatic heterocycles. The van der Waals surface area contributed by atoms with Gasteiger partial charge in [-0.15, -0.1) is 0 Å². The van der Waals surface area contributed by atoms with Crippen molar-refractivity contribution in [2.75, 3.05) is 6.54 Å². The second-order valence-corrected chi connectivity index (χ2v) is 5.58. The van der Waals surface area contributed by atoms with Gasteiger partial charge in [-0.1, -0.05) is 30.7 Å². The van der Waals surface area contributed by atoms with Crippen LogP contribution in [0, 0.1) is 19.7 Å². The van der Waals surface area contributed by atoms with Crippen LogP contribution in [-0.2, 0) is 6.42 Å². The van der Waals surface area contributed by atoms with E-state index in [0.717, 1.165) is 29.1 Å². The number of aryl methyl sites for hydroxylation is 2. The van der Waals surface area contributed by atoms with Crippen LogP contribution in [-0.4, -0.2) is 11.5 Å². The molecule has 112 valence electrons. The minimum absolute atomic E-state index is 0.117. The number of likely N-dealkylation sites (N-methyl/N-ethyl adjacent to an activating group) is 1. The fraction of sp³-hybridized carbons (Fsp3) is 0.353. The monoisotopic (exact) mass is 306 g/mol. The van der Waals surface area contributed by atoms with Crippen LogP contribution in [0.4, 0.5) is 4.39 Å². The molecule has 2 nitrogen and oxygen atoms in total. The van der Waals surface area contributed by atoms with E-state index in [0.29, 0.717) is 11.4 Å². The third-order valence-corrected chi connectivity index (χ3v) is 3.88. The van der Waals surface area contributed by atoms with E-state index in [1.807, 2.05) is 19.9 Å². The lowest BCUT2D eigenvalue weighted by Crippen LogP contribution is -2.24. The number of nitrogens with one attached hydrogen (secondary N) is 1. The van der Waals surface area contributed by atoms with E-state index in [1.54, 1.807) is 6.07 Å². The van der Waals surface area contributed by atoms with Gasteiger partial charge in [0.2, 0.25) is 0 Å². The highest BCUT2D eigenvalue weighted by Gasteiger charge is 2.16. The van der Waals surface area contributed by atoms with Gasteiger partial charge in [-0.05, 0) is 56.1 Å². The van der Waals surface area contributed by atoms with Gasteiger partial charge >= 0.3 is 0 Å². The maximum atomic E-state index is 13.2. The van der Waals surface area contributed by atoms with Crippen molar-refractivity contribution in [3.05, 3.63) is 63.7 Å². The van der Waals surface area contributed by atoms with E-state index in [1.165, 1.54) is 12.1 Å². The van der Waals surface area contributed by atoms with E-state index >= 15 is 0 Å². The number of pyridine rings is 1. The summed E-state index contributed by atoms with van der Waals surface area (Å²) in [5.74, 6) is -0.308. The molecule has 21 heavy (non-hydrogen) atoms. The quantitative estimate of drug-likeness (QED) is 0.886. The van der Waals surface area contributed by atoms with Crippen molar-refractivity contribution in [2.45, 2.75) is 33.2 Å². The molecule has 0 aliphatic rings. The van der Waals surface area contributed by atoms with Crippen molar-refractivity contribution in [2.24, 2.45) is 0 Å². The molecule has 1 aromatic carbocycles. The SMILES string of the molecule is CCNC(Cc1ccc(F)cc1Cl)c1ccc(C)nc1C. The predicted octanol–water partition coefficient (Wildman–Crippen LogP) is 4.38. The number of hydrogen-bond donors (Lipinski definition) is 1. The van der Waals surface area contributed by atoms with Crippen LogP contribution in [0.15, 0.2) is 30.3 Å². The topological polar surface area (TPSA) is 24.9 Å². The summed E-state index contributed by atoms with van der Waals surface area (Å²) in [6, 6.07) is 8.79. The molecule has 1 atom stereocenters. The Labute approximate surface area is 130 Å². The van der Waals surface area contributed by atoms with Gasteiger partial charge in [0.15, 0.2) is 0 Å². The second-order valence-electron chi connectivity index (χ2n) is 5.18. The number of rotatable bonds is 5. The zero-order valence-electron chi connectivity index (χ0n) is 12.6. The molecule has 4 heteroatoms. The first kappa shape index (κ1) is 15.9. The van der Waals surface area contributed by atoms with Crippen molar-refractivity contribution < 1.29 is 4.39 Å². The van der Waals surface area contributed by atoms with E-state index in [9.17, 15) is 4.39 Å². The van der Waals surface area contributed by atoms with Crippen LogP contribution in [0.1, 0.15) is 35.5 Å². The lowest BCUT2D eigenvalue weighted by atomic mass is 9.97. The third kappa shape index (κ3) is 4.02. The molecule has 0 saturated carbocycles. The van der Waals surface area contributed by atoms with Crippen LogP contribution in [0.25, 0.3) is 0 Å². The van der Waals surface area contributed by atoms with E-state index < -0.39 is 0 Å². The Morgan fingerprint density at radius 2 is 2.00 bits per heavy atom. The molecule has 0 aliphatic heterocycles. The lowest BCUT2D eigenvalue weighted by molar-refractivity contribution is 0.544. The number of hydrogen-bond acceptors (Lipinski definition) is 2. The smallest absolute Gasteiger partial charge is 0.124 e. The Balaban J connectivity index is 2.30. The Morgan fingerprint density at radius 3 is 2.62 bits per heavy atom. The summed E-state index contributed by atoms with van der Waals surface area (Å²) in [5, 5.41) is 3.93. The molecule has 0 bridgehead atoms. The molecule has 2 rings (SSSR count). The third-order valence-electron chi connectivity index (χ3n) is 3.53. The number of nitrogens with zero attached hydrogens (tertiary/aromatic N) is 1. The summed E-state index contributed by atoms with van der Waals surface area (Å²) in [7, 11) is 0. The summed E-state index contributed by atoms with van der Waals surface area (Å²) in [6.45, 7) is 6.90. The van der Waals surface area contributed by atoms with Gasteiger partial charge in [-0.2, -0.15) is 0 Å². The molecule has 0 saturated heterocycles. The molecule has 0 fully saturated rings. The first-order valence-electron chi connectivity index (χ1n) is 7.12. The van der Waals surface area contributed by atoms with Crippen LogP contribution < -0.4 is 5.32 Å². The van der Waals surface area contributed by atoms with Crippen LogP contribution in [0.2, 0.25) is 5.02 Å². The summed E-state index contributed by atoms with van der Waals surface area (Å²) in [5.41, 5.74) is 4.11. The van der Waals surface area contributed by atoms with Crippen molar-refractivity contribution in [3.8, 4) is 0 Å². The Kier molecular flexibility index (Phi) is 5.32. The first-order valence-corrected chi connectivity index (χ1v) is 7.50. The van der Waals surface area contributed by atoms with Crippen molar-refractivity contribution in [3.63, 3.8) is 0 Å². The second kappa shape index (κ2) is 7.01. The fourth-order valence-electron chi connectivity index (χ4n) is 2.51. The van der Waals surface area contributed by atoms with E-state index in [2.05, 4.69) is 23.3 Å². The zero-order valence-corrected chi connectivity index (χ0v) is 13.3. The summed E-state index contributed by atoms with van der Waals surface area (Å²) >= 11 is 6.14. The summed E-state index contributed by atoms with van der Waals surface area (Å²) < 4.78 is 13.2. The lowest BCUT2D eigenvalue weighted by Gasteiger charge is -2.21. The molecule has 2 aromatic rings. The number of halogens is 2. The molecule has 1 N–H and O–H groups in total. The predicted molar refractivity (Wildman–Crippen MR) is 85.2 cm³/mol. The fourth-order valence-corrected chi connectivity index (χ4v) is 2.76. The van der Waals surface area contributed by atoms with Crippen molar-refractivity contribution >= 4 is 11.6 Å². The van der Waals surface area contributed by atoms with Gasteiger partial charge in [0.1, 0.15) is 5.82 Å². The highest BCUT2D eigenvalue weighted by Crippen LogP contribution is 2.25. The van der Waals surface area contributed by atoms with Crippen LogP contribution in [0.3, 0.4) is 0 Å². The first-order chi connectivity index (χ1) is 10.0. The Bertz CT molecular complexity index is 628. The van der Waals surface area contributed by atoms with Gasteiger partial charge in [-0.25, -0.2) is 4.39 Å². The highest BCUT2D eigenvalue weighted by atomic mass is 35.5. The number of aromatic nitrogens is 1. The molecule has 0 spiro atoms. The largest absolute Gasteiger partial charge is 0.310 e. The van der Waals surface area contributed by atoms with Gasteiger partial charge < -0.3 is 5.32 Å². The maximum absolute atomic E-state index is 13.2. The average molecular weight is 307 g/mol. The molecular weight excluding hydrogens is 287 g/mol. The van der Waals surface area contributed by atoms with E-state index in [-0.39, 0.29) is 11.9 Å². The minimum atomic E-state index is -0.308. The Morgan fingerprint density at radius 1 is 1.24 bits per heavy atom. The summed E-state index contributed by atoms with van der Waals surface area (Å²) in [6.07, 6.45) is 0.707. The standard InChI is InChI=1S/C17H20ClFN2/c1-4-20-17(15-8-5-11(2)21-12(15)3)9-13-6-7-14(19)10-16(13)18/h5-8,10,17,20H,4,9H2,1-3H3. The molecule has 1 unspecified atom stereocenters. The number of benzene rings is 1. The summed E-state index contributed by atoms with van der Waals surface area (Å²) in [4.78, 5) is 4.52. The van der Waals surface area contributed by atoms with Gasteiger partial charge in [0.05, 0.1) is 0 Å². The van der Waals surface area contributed by atoms with Gasteiger partial charge in [-0.3, -0.25) is 4.98 Å². The highest BCUT2D eigenvalue weighted by molar-refractivity contribution is 6.31. The Hall–Kier alpha value is -1.45. The molecule has 0 amide bonds. The van der Waals surface area contributed by atoms with Crippen LogP contribution in [0.5, 0.6) is 0 Å². The van der Waals surface area contributed by atoms with Gasteiger partial charge in [0.25, 0.3) is 0 Å². The van der Waals surface area contributed by atoms with Crippen molar-refractivity contribution in [1.29, 1.82) is 0 Å². The minimum Gasteiger partial charge on any atom is -0.310 e. The van der Waals surface area contributed by atoms with Crippen molar-refractivity contribution in [1.82, 2.24) is 10.3 Å². The molecule has 1 heterocycles.